The first-order chi connectivity index (χ1) is 8.18. The highest BCUT2D eigenvalue weighted by Gasteiger charge is 2.21. The molecule has 2 rings (SSSR count). The smallest absolute Gasteiger partial charge is 0.126 e. The lowest BCUT2D eigenvalue weighted by Gasteiger charge is -2.18. The molecule has 0 nitrogen and oxygen atoms in total. The Balaban J connectivity index is 2.09. The number of benzene rings is 1. The Bertz CT molecular complexity index is 402. The summed E-state index contributed by atoms with van der Waals surface area (Å²) in [6, 6.07) is 10.8. The molecule has 0 heterocycles. The lowest BCUT2D eigenvalue weighted by molar-refractivity contribution is 0.430. The Morgan fingerprint density at radius 3 is 2.29 bits per heavy atom. The van der Waals surface area contributed by atoms with Gasteiger partial charge in [0.2, 0.25) is 0 Å². The molecule has 0 aromatic heterocycles. The molecule has 1 saturated carbocycles. The third-order valence-electron chi connectivity index (χ3n) is 3.69. The molecule has 0 atom stereocenters. The zero-order chi connectivity index (χ0) is 12.1. The minimum Gasteiger partial charge on any atom is -0.126 e. The fourth-order valence-electron chi connectivity index (χ4n) is 2.46. The number of hydrogen-bond acceptors (Lipinski definition) is 0. The van der Waals surface area contributed by atoms with Crippen molar-refractivity contribution in [3.8, 4) is 11.5 Å². The maximum absolute atomic E-state index is 3.63. The average molecular weight is 242 g/mol. The van der Waals surface area contributed by atoms with Crippen LogP contribution >= 0.6 is 0 Å². The molecule has 1 fully saturated rings. The van der Waals surface area contributed by atoms with Crippen molar-refractivity contribution < 1.29 is 0 Å². The van der Waals surface area contributed by atoms with Crippen molar-refractivity contribution in [2.45, 2.75) is 45.2 Å². The second-order valence-electron chi connectivity index (χ2n) is 5.60. The Kier molecular flexibility index (Phi) is 4.07. The van der Waals surface area contributed by atoms with E-state index >= 15 is 0 Å². The fraction of sp³-hybridized carbons (Fsp3) is 0.500. The fourth-order valence-corrected chi connectivity index (χ4v) is 4.19. The first kappa shape index (κ1) is 12.5. The summed E-state index contributed by atoms with van der Waals surface area (Å²) in [7, 11) is -1.52. The van der Waals surface area contributed by atoms with Crippen LogP contribution in [0, 0.1) is 17.4 Å². The quantitative estimate of drug-likeness (QED) is 0.520. The SMILES string of the molecule is C[Si](C)(C#CC1CCCCC1)c1ccccc1. The molecule has 0 unspecified atom stereocenters. The maximum Gasteiger partial charge on any atom is 0.162 e. The Morgan fingerprint density at radius 1 is 1.00 bits per heavy atom. The van der Waals surface area contributed by atoms with E-state index in [2.05, 4.69) is 54.9 Å². The van der Waals surface area contributed by atoms with Crippen LogP contribution in [0.4, 0.5) is 0 Å². The third-order valence-corrected chi connectivity index (χ3v) is 6.24. The summed E-state index contributed by atoms with van der Waals surface area (Å²) in [6.07, 6.45) is 6.83. The van der Waals surface area contributed by atoms with E-state index in [1.54, 1.807) is 0 Å². The highest BCUT2D eigenvalue weighted by molar-refractivity contribution is 6.96. The Labute approximate surface area is 106 Å². The largest absolute Gasteiger partial charge is 0.162 e. The van der Waals surface area contributed by atoms with Gasteiger partial charge in [0.25, 0.3) is 0 Å². The van der Waals surface area contributed by atoms with Gasteiger partial charge in [0, 0.05) is 5.92 Å². The van der Waals surface area contributed by atoms with Crippen LogP contribution in [0.1, 0.15) is 32.1 Å². The molecule has 0 spiro atoms. The van der Waals surface area contributed by atoms with E-state index < -0.39 is 8.07 Å². The standard InChI is InChI=1S/C16H22Si/c1-17(2,16-11-7-4-8-12-16)14-13-15-9-5-3-6-10-15/h4,7-8,11-12,15H,3,5-6,9-10H2,1-2H3. The summed E-state index contributed by atoms with van der Waals surface area (Å²) >= 11 is 0. The predicted molar refractivity (Wildman–Crippen MR) is 77.9 cm³/mol. The minimum atomic E-state index is -1.52. The van der Waals surface area contributed by atoms with Crippen molar-refractivity contribution in [3.05, 3.63) is 30.3 Å². The van der Waals surface area contributed by atoms with E-state index in [0.29, 0.717) is 5.92 Å². The van der Waals surface area contributed by atoms with Gasteiger partial charge in [0.15, 0.2) is 8.07 Å². The van der Waals surface area contributed by atoms with Crippen molar-refractivity contribution in [1.82, 2.24) is 0 Å². The van der Waals surface area contributed by atoms with E-state index in [-0.39, 0.29) is 0 Å². The molecular weight excluding hydrogens is 220 g/mol. The van der Waals surface area contributed by atoms with Gasteiger partial charge in [-0.3, -0.25) is 0 Å². The first-order valence-corrected chi connectivity index (χ1v) is 9.77. The predicted octanol–water partition coefficient (Wildman–Crippen LogP) is 3.72. The highest BCUT2D eigenvalue weighted by Crippen LogP contribution is 2.22. The van der Waals surface area contributed by atoms with Crippen LogP contribution in [0.3, 0.4) is 0 Å². The average Bonchev–Trinajstić information content (AvgIpc) is 2.39. The summed E-state index contributed by atoms with van der Waals surface area (Å²) in [5.41, 5.74) is 3.63. The molecular formula is C16H22Si. The van der Waals surface area contributed by atoms with Crippen LogP contribution in [0.2, 0.25) is 13.1 Å². The van der Waals surface area contributed by atoms with Crippen LogP contribution in [-0.4, -0.2) is 8.07 Å². The van der Waals surface area contributed by atoms with Gasteiger partial charge in [-0.1, -0.05) is 62.7 Å². The van der Waals surface area contributed by atoms with E-state index in [1.165, 1.54) is 37.3 Å². The van der Waals surface area contributed by atoms with Crippen LogP contribution in [0.15, 0.2) is 30.3 Å². The van der Waals surface area contributed by atoms with Gasteiger partial charge in [0.05, 0.1) is 0 Å². The van der Waals surface area contributed by atoms with Gasteiger partial charge < -0.3 is 0 Å². The molecule has 0 amide bonds. The Hall–Kier alpha value is -1.00. The number of rotatable bonds is 1. The summed E-state index contributed by atoms with van der Waals surface area (Å²) in [6.45, 7) is 4.72. The van der Waals surface area contributed by atoms with Gasteiger partial charge in [-0.05, 0) is 18.0 Å². The minimum absolute atomic E-state index is 0.680. The van der Waals surface area contributed by atoms with Gasteiger partial charge in [-0.2, -0.15) is 0 Å². The third kappa shape index (κ3) is 3.48. The van der Waals surface area contributed by atoms with E-state index in [4.69, 9.17) is 0 Å². The molecule has 17 heavy (non-hydrogen) atoms. The lowest BCUT2D eigenvalue weighted by atomic mass is 9.90. The van der Waals surface area contributed by atoms with Gasteiger partial charge >= 0.3 is 0 Å². The van der Waals surface area contributed by atoms with Gasteiger partial charge in [-0.15, -0.1) is 11.5 Å². The molecule has 0 aliphatic heterocycles. The normalized spacial score (nSPS) is 17.3. The van der Waals surface area contributed by atoms with Crippen molar-refractivity contribution in [2.24, 2.45) is 5.92 Å². The number of hydrogen-bond donors (Lipinski definition) is 0. The molecule has 1 aromatic carbocycles. The maximum atomic E-state index is 3.63. The Morgan fingerprint density at radius 2 is 1.65 bits per heavy atom. The molecule has 0 radical (unpaired) electrons. The van der Waals surface area contributed by atoms with Crippen LogP contribution < -0.4 is 5.19 Å². The van der Waals surface area contributed by atoms with Crippen LogP contribution in [0.5, 0.6) is 0 Å². The monoisotopic (exact) mass is 242 g/mol. The molecule has 0 bridgehead atoms. The topological polar surface area (TPSA) is 0 Å². The lowest BCUT2D eigenvalue weighted by Crippen LogP contribution is -2.40. The molecule has 0 N–H and O–H groups in total. The van der Waals surface area contributed by atoms with Crippen LogP contribution in [0.25, 0.3) is 0 Å². The molecule has 1 aliphatic rings. The van der Waals surface area contributed by atoms with Crippen molar-refractivity contribution in [3.63, 3.8) is 0 Å². The van der Waals surface area contributed by atoms with Crippen molar-refractivity contribution >= 4 is 13.3 Å². The summed E-state index contributed by atoms with van der Waals surface area (Å²) in [4.78, 5) is 0. The molecule has 1 heteroatoms. The second kappa shape index (κ2) is 5.56. The summed E-state index contributed by atoms with van der Waals surface area (Å²) < 4.78 is 0. The summed E-state index contributed by atoms with van der Waals surface area (Å²) in [5, 5.41) is 1.46. The zero-order valence-corrected chi connectivity index (χ0v) is 12.0. The highest BCUT2D eigenvalue weighted by atomic mass is 28.3. The first-order valence-electron chi connectivity index (χ1n) is 6.77. The molecule has 0 saturated heterocycles. The zero-order valence-electron chi connectivity index (χ0n) is 11.0. The van der Waals surface area contributed by atoms with E-state index in [0.717, 1.165) is 0 Å². The summed E-state index contributed by atoms with van der Waals surface area (Å²) in [5.74, 6) is 4.25. The van der Waals surface area contributed by atoms with Gasteiger partial charge in [-0.25, -0.2) is 0 Å². The molecule has 1 aromatic rings. The molecule has 90 valence electrons. The van der Waals surface area contributed by atoms with Crippen molar-refractivity contribution in [2.75, 3.05) is 0 Å². The van der Waals surface area contributed by atoms with E-state index in [1.807, 2.05) is 0 Å². The van der Waals surface area contributed by atoms with Gasteiger partial charge in [0.1, 0.15) is 0 Å². The molecule has 1 aliphatic carbocycles. The van der Waals surface area contributed by atoms with Crippen molar-refractivity contribution in [1.29, 1.82) is 0 Å². The van der Waals surface area contributed by atoms with E-state index in [9.17, 15) is 0 Å². The van der Waals surface area contributed by atoms with Crippen LogP contribution in [-0.2, 0) is 0 Å². The second-order valence-corrected chi connectivity index (χ2v) is 9.67.